The van der Waals surface area contributed by atoms with Crippen molar-refractivity contribution in [1.29, 1.82) is 0 Å². The molecule has 0 radical (unpaired) electrons. The minimum Gasteiger partial charge on any atom is -0.507 e. The van der Waals surface area contributed by atoms with Crippen LogP contribution in [0, 0.1) is 0 Å². The van der Waals surface area contributed by atoms with Gasteiger partial charge in [0.05, 0.1) is 6.61 Å². The number of hydrogen-bond donors (Lipinski definition) is 1. The fourth-order valence-electron chi connectivity index (χ4n) is 3.53. The Bertz CT molecular complexity index is 972. The smallest absolute Gasteiger partial charge is 0.197 e. The third-order valence-corrected chi connectivity index (χ3v) is 4.96. The maximum Gasteiger partial charge on any atom is 0.197 e. The third-order valence-electron chi connectivity index (χ3n) is 4.96. The lowest BCUT2D eigenvalue weighted by atomic mass is 10.1. The van der Waals surface area contributed by atoms with E-state index in [1.54, 1.807) is 12.1 Å². The van der Waals surface area contributed by atoms with E-state index in [2.05, 4.69) is 4.90 Å². The van der Waals surface area contributed by atoms with Crippen LogP contribution in [0.15, 0.2) is 57.7 Å². The molecule has 1 saturated heterocycles. The van der Waals surface area contributed by atoms with E-state index in [4.69, 9.17) is 9.15 Å². The summed E-state index contributed by atoms with van der Waals surface area (Å²) in [5, 5.41) is 10.1. The van der Waals surface area contributed by atoms with Gasteiger partial charge in [0.15, 0.2) is 5.43 Å². The summed E-state index contributed by atoms with van der Waals surface area (Å²) < 4.78 is 11.6. The molecule has 0 spiro atoms. The number of benzene rings is 2. The van der Waals surface area contributed by atoms with Gasteiger partial charge in [-0.15, -0.1) is 0 Å². The van der Waals surface area contributed by atoms with Crippen LogP contribution in [0.3, 0.4) is 0 Å². The van der Waals surface area contributed by atoms with E-state index in [0.717, 1.165) is 24.3 Å². The highest BCUT2D eigenvalue weighted by Crippen LogP contribution is 2.27. The molecule has 0 atom stereocenters. The summed E-state index contributed by atoms with van der Waals surface area (Å²) in [5.41, 5.74) is 0.910. The van der Waals surface area contributed by atoms with Crippen molar-refractivity contribution in [3.05, 3.63) is 58.8 Å². The van der Waals surface area contributed by atoms with E-state index in [9.17, 15) is 9.90 Å². The van der Waals surface area contributed by atoms with Crippen LogP contribution >= 0.6 is 0 Å². The molecule has 0 saturated carbocycles. The molecule has 0 amide bonds. The van der Waals surface area contributed by atoms with E-state index in [1.165, 1.54) is 38.1 Å². The van der Waals surface area contributed by atoms with Crippen LogP contribution in [-0.2, 0) is 0 Å². The summed E-state index contributed by atoms with van der Waals surface area (Å²) in [4.78, 5) is 14.8. The largest absolute Gasteiger partial charge is 0.507 e. The van der Waals surface area contributed by atoms with E-state index >= 15 is 0 Å². The second-order valence-electron chi connectivity index (χ2n) is 6.90. The number of nitrogens with zero attached hydrogens (tertiary/aromatic N) is 1. The van der Waals surface area contributed by atoms with Gasteiger partial charge in [0.1, 0.15) is 28.2 Å². The van der Waals surface area contributed by atoms with Crippen LogP contribution in [0.25, 0.3) is 22.3 Å². The molecule has 5 nitrogen and oxygen atoms in total. The standard InChI is InChI=1S/C22H23NO4/c24-18-5-3-6-20-22(18)19(25)15-21(27-20)16-7-9-17(10-8-16)26-14-4-13-23-11-1-2-12-23/h3,5-10,15,24H,1-2,4,11-14H2. The van der Waals surface area contributed by atoms with E-state index in [1.807, 2.05) is 24.3 Å². The zero-order valence-corrected chi connectivity index (χ0v) is 15.2. The molecule has 2 aromatic carbocycles. The van der Waals surface area contributed by atoms with Gasteiger partial charge < -0.3 is 19.2 Å². The molecule has 0 unspecified atom stereocenters. The van der Waals surface area contributed by atoms with Crippen LogP contribution in [0.2, 0.25) is 0 Å². The third kappa shape index (κ3) is 3.98. The Morgan fingerprint density at radius 1 is 1.07 bits per heavy atom. The first-order chi connectivity index (χ1) is 13.2. The molecular formula is C22H23NO4. The molecule has 1 N–H and O–H groups in total. The van der Waals surface area contributed by atoms with Crippen molar-refractivity contribution in [1.82, 2.24) is 4.90 Å². The minimum atomic E-state index is -0.258. The first kappa shape index (κ1) is 17.6. The number of aromatic hydroxyl groups is 1. The van der Waals surface area contributed by atoms with Gasteiger partial charge in [-0.2, -0.15) is 0 Å². The molecule has 0 bridgehead atoms. The van der Waals surface area contributed by atoms with Crippen LogP contribution in [0.1, 0.15) is 19.3 Å². The summed E-state index contributed by atoms with van der Waals surface area (Å²) in [5.74, 6) is 1.21. The fraction of sp³-hybridized carbons (Fsp3) is 0.318. The molecular weight excluding hydrogens is 342 g/mol. The minimum absolute atomic E-state index is 0.0644. The summed E-state index contributed by atoms with van der Waals surface area (Å²) in [6.07, 6.45) is 3.64. The van der Waals surface area contributed by atoms with Crippen LogP contribution in [0.4, 0.5) is 0 Å². The molecule has 1 fully saturated rings. The predicted molar refractivity (Wildman–Crippen MR) is 105 cm³/mol. The Morgan fingerprint density at radius 3 is 2.63 bits per heavy atom. The van der Waals surface area contributed by atoms with Gasteiger partial charge >= 0.3 is 0 Å². The normalized spacial score (nSPS) is 14.7. The zero-order valence-electron chi connectivity index (χ0n) is 15.2. The van der Waals surface area contributed by atoms with E-state index in [-0.39, 0.29) is 16.6 Å². The Labute approximate surface area is 157 Å². The highest BCUT2D eigenvalue weighted by Gasteiger charge is 2.11. The molecule has 2 heterocycles. The van der Waals surface area contributed by atoms with Crippen molar-refractivity contribution in [3.63, 3.8) is 0 Å². The number of phenols is 1. The summed E-state index contributed by atoms with van der Waals surface area (Å²) in [6.45, 7) is 4.21. The van der Waals surface area contributed by atoms with Crippen LogP contribution in [0.5, 0.6) is 11.5 Å². The van der Waals surface area contributed by atoms with Gasteiger partial charge in [0.2, 0.25) is 0 Å². The Morgan fingerprint density at radius 2 is 1.85 bits per heavy atom. The number of phenolic OH excluding ortho intramolecular Hbond substituents is 1. The van der Waals surface area contributed by atoms with Crippen molar-refractivity contribution < 1.29 is 14.3 Å². The van der Waals surface area contributed by atoms with Crippen LogP contribution in [-0.4, -0.2) is 36.2 Å². The lowest BCUT2D eigenvalue weighted by molar-refractivity contribution is 0.263. The highest BCUT2D eigenvalue weighted by atomic mass is 16.5. The number of ether oxygens (including phenoxy) is 1. The highest BCUT2D eigenvalue weighted by molar-refractivity contribution is 5.84. The Hall–Kier alpha value is -2.79. The Balaban J connectivity index is 1.42. The first-order valence-electron chi connectivity index (χ1n) is 9.42. The van der Waals surface area contributed by atoms with Gasteiger partial charge in [-0.05, 0) is 68.8 Å². The lowest BCUT2D eigenvalue weighted by Gasteiger charge is -2.14. The van der Waals surface area contributed by atoms with E-state index < -0.39 is 0 Å². The van der Waals surface area contributed by atoms with Gasteiger partial charge in [-0.25, -0.2) is 0 Å². The van der Waals surface area contributed by atoms with Crippen molar-refractivity contribution in [2.45, 2.75) is 19.3 Å². The number of rotatable bonds is 6. The Kier molecular flexibility index (Phi) is 5.12. The molecule has 27 heavy (non-hydrogen) atoms. The van der Waals surface area contributed by atoms with Gasteiger partial charge in [0, 0.05) is 18.2 Å². The molecule has 140 valence electrons. The van der Waals surface area contributed by atoms with Gasteiger partial charge in [0.25, 0.3) is 0 Å². The lowest BCUT2D eigenvalue weighted by Crippen LogP contribution is -2.21. The van der Waals surface area contributed by atoms with Gasteiger partial charge in [-0.3, -0.25) is 4.79 Å². The average molecular weight is 365 g/mol. The van der Waals surface area contributed by atoms with Gasteiger partial charge in [-0.1, -0.05) is 6.07 Å². The van der Waals surface area contributed by atoms with Crippen LogP contribution < -0.4 is 10.2 Å². The molecule has 0 aliphatic carbocycles. The molecule has 1 aromatic heterocycles. The molecule has 4 rings (SSSR count). The zero-order chi connectivity index (χ0) is 18.6. The average Bonchev–Trinajstić information content (AvgIpc) is 3.19. The van der Waals surface area contributed by atoms with Crippen molar-refractivity contribution >= 4 is 11.0 Å². The number of hydrogen-bond acceptors (Lipinski definition) is 5. The maximum atomic E-state index is 12.3. The first-order valence-corrected chi connectivity index (χ1v) is 9.42. The summed E-state index contributed by atoms with van der Waals surface area (Å²) in [7, 11) is 0. The second kappa shape index (κ2) is 7.84. The maximum absolute atomic E-state index is 12.3. The number of fused-ring (bicyclic) bond motifs is 1. The summed E-state index contributed by atoms with van der Waals surface area (Å²) in [6, 6.07) is 13.8. The molecule has 3 aromatic rings. The topological polar surface area (TPSA) is 62.9 Å². The second-order valence-corrected chi connectivity index (χ2v) is 6.90. The van der Waals surface area contributed by atoms with E-state index in [0.29, 0.717) is 18.0 Å². The predicted octanol–water partition coefficient (Wildman–Crippen LogP) is 4.03. The summed E-state index contributed by atoms with van der Waals surface area (Å²) >= 11 is 0. The molecule has 5 heteroatoms. The fourth-order valence-corrected chi connectivity index (χ4v) is 3.53. The monoisotopic (exact) mass is 365 g/mol. The van der Waals surface area contributed by atoms with Crippen molar-refractivity contribution in [3.8, 4) is 22.8 Å². The molecule has 1 aliphatic rings. The SMILES string of the molecule is O=c1cc(-c2ccc(OCCCN3CCCC3)cc2)oc2cccc(O)c12. The molecule has 1 aliphatic heterocycles. The quantitative estimate of drug-likeness (QED) is 0.668. The van der Waals surface area contributed by atoms with Crippen molar-refractivity contribution in [2.75, 3.05) is 26.2 Å². The van der Waals surface area contributed by atoms with Crippen molar-refractivity contribution in [2.24, 2.45) is 0 Å². The number of likely N-dealkylation sites (tertiary alicyclic amines) is 1.